The number of benzene rings is 3. The molecule has 0 bridgehead atoms. The Morgan fingerprint density at radius 2 is 1.36 bits per heavy atom. The van der Waals surface area contributed by atoms with Gasteiger partial charge in [-0.1, -0.05) is 19.7 Å². The molecule has 2 amide bonds. The summed E-state index contributed by atoms with van der Waals surface area (Å²) in [6, 6.07) is 21.8. The summed E-state index contributed by atoms with van der Waals surface area (Å²) in [4.78, 5) is 37.4. The van der Waals surface area contributed by atoms with Gasteiger partial charge in [-0.15, -0.1) is 35.3 Å². The Morgan fingerprint density at radius 1 is 0.840 bits per heavy atom. The molecule has 0 atom stereocenters. The molecule has 0 spiro atoms. The topological polar surface area (TPSA) is 120 Å². The van der Waals surface area contributed by atoms with Gasteiger partial charge in [0, 0.05) is 58.1 Å². The number of carbonyl (C=O) groups is 3. The lowest BCUT2D eigenvalue weighted by molar-refractivity contribution is -0.126. The Labute approximate surface area is 314 Å². The number of hydrogen-bond acceptors (Lipinski definition) is 10. The smallest absolute Gasteiger partial charge is 0.246 e. The van der Waals surface area contributed by atoms with Gasteiger partial charge >= 0.3 is 0 Å². The highest BCUT2D eigenvalue weighted by Crippen LogP contribution is 2.30. The van der Waals surface area contributed by atoms with Gasteiger partial charge in [-0.25, -0.2) is 0 Å². The summed E-state index contributed by atoms with van der Waals surface area (Å²) >= 11 is 9.93. The van der Waals surface area contributed by atoms with Gasteiger partial charge in [0.05, 0.1) is 21.3 Å². The Morgan fingerprint density at radius 3 is 1.82 bits per heavy atom. The molecule has 0 saturated heterocycles. The van der Waals surface area contributed by atoms with Gasteiger partial charge in [0.2, 0.25) is 17.1 Å². The second kappa shape index (κ2) is 27.0. The van der Waals surface area contributed by atoms with E-state index in [1.807, 2.05) is 65.6 Å². The number of nitrogens with zero attached hydrogens (tertiary/aromatic N) is 1. The van der Waals surface area contributed by atoms with Crippen LogP contribution in [0.3, 0.4) is 0 Å². The van der Waals surface area contributed by atoms with E-state index < -0.39 is 5.24 Å². The number of nitrogens with two attached hydrogens (primary N) is 1. The van der Waals surface area contributed by atoms with Gasteiger partial charge < -0.3 is 30.2 Å². The van der Waals surface area contributed by atoms with Crippen LogP contribution in [0.25, 0.3) is 0 Å². The lowest BCUT2D eigenvalue weighted by Crippen LogP contribution is -2.29. The third-order valence-corrected chi connectivity index (χ3v) is 9.56. The van der Waals surface area contributed by atoms with Gasteiger partial charge in [-0.3, -0.25) is 14.4 Å². The molecule has 3 aromatic carbocycles. The number of methoxy groups -OCH3 is 3. The van der Waals surface area contributed by atoms with Crippen molar-refractivity contribution in [2.45, 2.75) is 21.2 Å². The van der Waals surface area contributed by atoms with Gasteiger partial charge in [-0.2, -0.15) is 0 Å². The van der Waals surface area contributed by atoms with E-state index in [-0.39, 0.29) is 11.8 Å². The average molecular weight is 760 g/mol. The van der Waals surface area contributed by atoms with Crippen LogP contribution in [-0.2, 0) is 20.9 Å². The highest BCUT2D eigenvalue weighted by molar-refractivity contribution is 7.99. The van der Waals surface area contributed by atoms with Crippen LogP contribution in [0.5, 0.6) is 17.2 Å². The number of fused-ring (bicyclic) bond motifs is 1. The largest absolute Gasteiger partial charge is 0.497 e. The predicted octanol–water partition coefficient (Wildman–Crippen LogP) is 7.09. The zero-order valence-electron chi connectivity index (χ0n) is 28.7. The van der Waals surface area contributed by atoms with Crippen molar-refractivity contribution in [2.75, 3.05) is 58.2 Å². The Bertz CT molecular complexity index is 1490. The number of halogens is 1. The van der Waals surface area contributed by atoms with E-state index in [2.05, 4.69) is 31.1 Å². The quantitative estimate of drug-likeness (QED) is 0.0809. The maximum absolute atomic E-state index is 11.7. The van der Waals surface area contributed by atoms with Crippen molar-refractivity contribution in [3.8, 4) is 17.2 Å². The number of nitrogens with one attached hydrogen (secondary N) is 1. The first-order valence-corrected chi connectivity index (χ1v) is 18.6. The molecule has 0 unspecified atom stereocenters. The summed E-state index contributed by atoms with van der Waals surface area (Å²) < 4.78 is 15.3. The molecule has 1 aliphatic rings. The van der Waals surface area contributed by atoms with Crippen LogP contribution in [0.15, 0.2) is 119 Å². The van der Waals surface area contributed by atoms with Crippen LogP contribution in [0, 0.1) is 0 Å². The molecule has 0 aromatic heterocycles. The zero-order chi connectivity index (χ0) is 37.1. The van der Waals surface area contributed by atoms with Crippen molar-refractivity contribution in [3.63, 3.8) is 0 Å². The monoisotopic (exact) mass is 759 g/mol. The highest BCUT2D eigenvalue weighted by atomic mass is 35.5. The maximum atomic E-state index is 11.7. The van der Waals surface area contributed by atoms with Crippen molar-refractivity contribution in [1.82, 2.24) is 10.2 Å². The molecular formula is C37H46ClN3O6S3. The summed E-state index contributed by atoms with van der Waals surface area (Å²) in [5.41, 5.74) is 6.53. The van der Waals surface area contributed by atoms with Gasteiger partial charge in [-0.05, 0) is 102 Å². The van der Waals surface area contributed by atoms with Crippen LogP contribution in [0.2, 0.25) is 0 Å². The SMILES string of the molecule is C=CC(=O)Cl.C=CC(=O)N1CCSc2ccc(OC)cc2C1.C=CC(=O)NCCSc1ccc(OC)cc1.COc1ccc(SCCN)cc1. The van der Waals surface area contributed by atoms with E-state index in [1.54, 1.807) is 56.6 Å². The van der Waals surface area contributed by atoms with E-state index in [4.69, 9.17) is 31.5 Å². The zero-order valence-corrected chi connectivity index (χ0v) is 31.9. The summed E-state index contributed by atoms with van der Waals surface area (Å²) in [5.74, 6) is 5.15. The number of amides is 2. The minimum atomic E-state index is -0.509. The second-order valence-corrected chi connectivity index (χ2v) is 13.5. The van der Waals surface area contributed by atoms with Crippen molar-refractivity contribution < 1.29 is 28.6 Å². The molecule has 13 heteroatoms. The number of allylic oxidation sites excluding steroid dienone is 1. The number of thioether (sulfide) groups is 3. The molecule has 50 heavy (non-hydrogen) atoms. The molecule has 3 N–H and O–H groups in total. The molecule has 0 saturated carbocycles. The first-order valence-electron chi connectivity index (χ1n) is 15.3. The molecule has 1 heterocycles. The number of rotatable bonds is 13. The van der Waals surface area contributed by atoms with E-state index >= 15 is 0 Å². The molecule has 3 aromatic rings. The van der Waals surface area contributed by atoms with Crippen LogP contribution < -0.4 is 25.3 Å². The van der Waals surface area contributed by atoms with Crippen LogP contribution >= 0.6 is 46.9 Å². The Balaban J connectivity index is 0.000000355. The molecule has 0 radical (unpaired) electrons. The third kappa shape index (κ3) is 18.8. The lowest BCUT2D eigenvalue weighted by Gasteiger charge is -2.18. The third-order valence-electron chi connectivity index (χ3n) is 6.26. The highest BCUT2D eigenvalue weighted by Gasteiger charge is 2.17. The standard InChI is InChI=1S/C13H15NO2S.C12H15NO2S.C9H13NOS.C3H3ClO/c1-3-13(15)14-6-7-17-12-5-4-11(16-2)8-10(12)9-14;1-3-12(14)13-8-9-16-11-6-4-10(15-2)5-7-11;1-11-8-2-4-9(5-3-8)12-7-6-10;1-2-3(4)5/h3-5,8H,1,6-7,9H2,2H3;3-7H,1,8-9H2,2H3,(H,13,14);2-5H,6-7,10H2,1H3;2H,1H2. The van der Waals surface area contributed by atoms with E-state index in [9.17, 15) is 14.4 Å². The van der Waals surface area contributed by atoms with Gasteiger partial charge in [0.15, 0.2) is 0 Å². The van der Waals surface area contributed by atoms with E-state index in [1.165, 1.54) is 21.9 Å². The van der Waals surface area contributed by atoms with Gasteiger partial charge in [0.25, 0.3) is 0 Å². The normalized spacial score (nSPS) is 11.1. The second-order valence-electron chi connectivity index (χ2n) is 9.63. The summed E-state index contributed by atoms with van der Waals surface area (Å²) in [5, 5.41) is 2.21. The number of ether oxygens (including phenoxy) is 3. The number of carbonyl (C=O) groups excluding carboxylic acids is 3. The summed E-state index contributed by atoms with van der Waals surface area (Å²) in [6.45, 7) is 12.7. The fraction of sp³-hybridized carbons (Fsp3) is 0.270. The van der Waals surface area contributed by atoms with Crippen molar-refractivity contribution in [1.29, 1.82) is 0 Å². The molecule has 0 aliphatic carbocycles. The van der Waals surface area contributed by atoms with E-state index in [0.717, 1.165) is 64.1 Å². The molecule has 270 valence electrons. The molecule has 1 aliphatic heterocycles. The van der Waals surface area contributed by atoms with Crippen molar-refractivity contribution in [2.24, 2.45) is 5.73 Å². The minimum Gasteiger partial charge on any atom is -0.497 e. The van der Waals surface area contributed by atoms with Crippen LogP contribution in [0.1, 0.15) is 5.56 Å². The lowest BCUT2D eigenvalue weighted by atomic mass is 10.2. The van der Waals surface area contributed by atoms with E-state index in [0.29, 0.717) is 13.1 Å². The number of hydrogen-bond donors (Lipinski definition) is 2. The molecule has 4 rings (SSSR count). The van der Waals surface area contributed by atoms with Crippen molar-refractivity contribution >= 4 is 63.9 Å². The van der Waals surface area contributed by atoms with Crippen LogP contribution in [0.4, 0.5) is 0 Å². The summed E-state index contributed by atoms with van der Waals surface area (Å²) in [7, 11) is 4.97. The van der Waals surface area contributed by atoms with Crippen molar-refractivity contribution in [3.05, 3.63) is 110 Å². The first kappa shape index (κ1) is 44.2. The first-order chi connectivity index (χ1) is 24.1. The molecule has 0 fully saturated rings. The fourth-order valence-electron chi connectivity index (χ4n) is 3.75. The molecular weight excluding hydrogens is 714 g/mol. The molecule has 9 nitrogen and oxygen atoms in total. The Kier molecular flexibility index (Phi) is 23.9. The summed E-state index contributed by atoms with van der Waals surface area (Å²) in [6.07, 6.45) is 3.69. The minimum absolute atomic E-state index is 0.0127. The predicted molar refractivity (Wildman–Crippen MR) is 210 cm³/mol. The van der Waals surface area contributed by atoms with Crippen LogP contribution in [-0.4, -0.2) is 80.2 Å². The average Bonchev–Trinajstić information content (AvgIpc) is 3.38. The Hall–Kier alpha value is -3.81. The van der Waals surface area contributed by atoms with Gasteiger partial charge in [0.1, 0.15) is 17.2 Å². The fourth-order valence-corrected chi connectivity index (χ4v) is 6.21. The maximum Gasteiger partial charge on any atom is 0.246 e.